The van der Waals surface area contributed by atoms with Gasteiger partial charge in [-0.1, -0.05) is 24.3 Å². The molecule has 4 rings (SSSR count). The van der Waals surface area contributed by atoms with E-state index in [0.29, 0.717) is 36.8 Å². The lowest BCUT2D eigenvalue weighted by Crippen LogP contribution is -2.48. The Kier molecular flexibility index (Phi) is 6.71. The van der Waals surface area contributed by atoms with E-state index in [-0.39, 0.29) is 12.5 Å². The average molecular weight is 412 g/mol. The minimum Gasteiger partial charge on any atom is -0.486 e. The molecule has 30 heavy (non-hydrogen) atoms. The molecule has 2 aliphatic heterocycles. The van der Waals surface area contributed by atoms with E-state index < -0.39 is 12.1 Å². The summed E-state index contributed by atoms with van der Waals surface area (Å²) in [4.78, 5) is 14.9. The van der Waals surface area contributed by atoms with Crippen molar-refractivity contribution in [3.05, 3.63) is 54.1 Å². The summed E-state index contributed by atoms with van der Waals surface area (Å²) in [5.41, 5.74) is 1.59. The number of nitrogens with one attached hydrogen (secondary N) is 2. The first-order chi connectivity index (χ1) is 14.7. The fourth-order valence-corrected chi connectivity index (χ4v) is 3.94. The van der Waals surface area contributed by atoms with Crippen LogP contribution in [0, 0.1) is 0 Å². The average Bonchev–Trinajstić information content (AvgIpc) is 3.30. The topological polar surface area (TPSA) is 83.1 Å². The summed E-state index contributed by atoms with van der Waals surface area (Å²) >= 11 is 0. The molecule has 0 spiro atoms. The number of aliphatic hydroxyl groups excluding tert-OH is 1. The Morgan fingerprint density at radius 3 is 2.53 bits per heavy atom. The van der Waals surface area contributed by atoms with Crippen LogP contribution in [0.2, 0.25) is 0 Å². The number of para-hydroxylation sites is 1. The molecule has 0 aliphatic carbocycles. The van der Waals surface area contributed by atoms with E-state index in [0.717, 1.165) is 31.6 Å². The standard InChI is InChI=1S/C23H29N3O4/c27-22(15-24-18-6-2-1-3-7-18)25-19(16-26-10-4-5-11-26)23(28)17-8-9-20-21(14-17)30-13-12-29-20/h1-3,6-9,14,19,23-24,28H,4-5,10-13,15-16H2,(H,25,27)/t19-,23-/m1/s1. The second-order valence-corrected chi connectivity index (χ2v) is 7.75. The van der Waals surface area contributed by atoms with Crippen molar-refractivity contribution in [1.82, 2.24) is 10.2 Å². The summed E-state index contributed by atoms with van der Waals surface area (Å²) in [5, 5.41) is 17.3. The third-order valence-corrected chi connectivity index (χ3v) is 5.52. The van der Waals surface area contributed by atoms with E-state index in [4.69, 9.17) is 9.47 Å². The fraction of sp³-hybridized carbons (Fsp3) is 0.435. The number of nitrogens with zero attached hydrogens (tertiary/aromatic N) is 1. The Hall–Kier alpha value is -2.77. The molecule has 0 radical (unpaired) electrons. The van der Waals surface area contributed by atoms with Crippen molar-refractivity contribution in [1.29, 1.82) is 0 Å². The monoisotopic (exact) mass is 411 g/mol. The molecule has 1 saturated heterocycles. The van der Waals surface area contributed by atoms with E-state index in [1.165, 1.54) is 0 Å². The zero-order valence-electron chi connectivity index (χ0n) is 17.0. The van der Waals surface area contributed by atoms with Gasteiger partial charge in [-0.05, 0) is 55.8 Å². The molecule has 3 N–H and O–H groups in total. The first-order valence-corrected chi connectivity index (χ1v) is 10.6. The van der Waals surface area contributed by atoms with Crippen LogP contribution >= 0.6 is 0 Å². The number of aliphatic hydroxyl groups is 1. The summed E-state index contributed by atoms with van der Waals surface area (Å²) in [7, 11) is 0. The number of hydrogen-bond donors (Lipinski definition) is 3. The van der Waals surface area contributed by atoms with Crippen LogP contribution in [-0.2, 0) is 4.79 Å². The zero-order chi connectivity index (χ0) is 20.8. The normalized spacial score (nSPS) is 17.9. The van der Waals surface area contributed by atoms with E-state index in [9.17, 15) is 9.90 Å². The van der Waals surface area contributed by atoms with Gasteiger partial charge in [-0.15, -0.1) is 0 Å². The van der Waals surface area contributed by atoms with Crippen molar-refractivity contribution in [3.8, 4) is 11.5 Å². The molecule has 2 aliphatic rings. The van der Waals surface area contributed by atoms with E-state index in [1.54, 1.807) is 0 Å². The number of anilines is 1. The molecule has 2 atom stereocenters. The molecular weight excluding hydrogens is 382 g/mol. The summed E-state index contributed by atoms with van der Waals surface area (Å²) in [6.07, 6.45) is 1.45. The molecule has 2 aromatic carbocycles. The Balaban J connectivity index is 1.43. The Morgan fingerprint density at radius 2 is 1.77 bits per heavy atom. The smallest absolute Gasteiger partial charge is 0.239 e. The van der Waals surface area contributed by atoms with Crippen LogP contribution in [0.4, 0.5) is 5.69 Å². The zero-order valence-corrected chi connectivity index (χ0v) is 17.0. The maximum atomic E-state index is 12.6. The molecular formula is C23H29N3O4. The number of rotatable bonds is 8. The lowest BCUT2D eigenvalue weighted by molar-refractivity contribution is -0.121. The van der Waals surface area contributed by atoms with Crippen LogP contribution in [0.3, 0.4) is 0 Å². The highest BCUT2D eigenvalue weighted by atomic mass is 16.6. The van der Waals surface area contributed by atoms with Crippen molar-refractivity contribution in [3.63, 3.8) is 0 Å². The van der Waals surface area contributed by atoms with Crippen molar-refractivity contribution in [2.75, 3.05) is 44.7 Å². The van der Waals surface area contributed by atoms with Crippen LogP contribution in [0.15, 0.2) is 48.5 Å². The molecule has 7 heteroatoms. The fourth-order valence-electron chi connectivity index (χ4n) is 3.94. The number of carbonyl (C=O) groups is 1. The molecule has 1 amide bonds. The number of amides is 1. The molecule has 0 saturated carbocycles. The largest absolute Gasteiger partial charge is 0.486 e. The van der Waals surface area contributed by atoms with Gasteiger partial charge in [0, 0.05) is 12.2 Å². The number of fused-ring (bicyclic) bond motifs is 1. The van der Waals surface area contributed by atoms with E-state index >= 15 is 0 Å². The summed E-state index contributed by atoms with van der Waals surface area (Å²) < 4.78 is 11.2. The molecule has 0 aromatic heterocycles. The first kappa shape index (κ1) is 20.5. The third-order valence-electron chi connectivity index (χ3n) is 5.52. The van der Waals surface area contributed by atoms with Crippen LogP contribution in [-0.4, -0.2) is 61.3 Å². The highest BCUT2D eigenvalue weighted by Crippen LogP contribution is 2.33. The Bertz CT molecular complexity index is 840. The molecule has 7 nitrogen and oxygen atoms in total. The van der Waals surface area contributed by atoms with Crippen LogP contribution in [0.5, 0.6) is 11.5 Å². The number of ether oxygens (including phenoxy) is 2. The van der Waals surface area contributed by atoms with E-state index in [2.05, 4.69) is 15.5 Å². The quantitative estimate of drug-likeness (QED) is 0.618. The highest BCUT2D eigenvalue weighted by Gasteiger charge is 2.27. The van der Waals surface area contributed by atoms with Gasteiger partial charge in [0.1, 0.15) is 19.3 Å². The van der Waals surface area contributed by atoms with Gasteiger partial charge in [-0.2, -0.15) is 0 Å². The maximum Gasteiger partial charge on any atom is 0.239 e. The Morgan fingerprint density at radius 1 is 1.03 bits per heavy atom. The second-order valence-electron chi connectivity index (χ2n) is 7.75. The maximum absolute atomic E-state index is 12.6. The predicted molar refractivity (Wildman–Crippen MR) is 115 cm³/mol. The van der Waals surface area contributed by atoms with Gasteiger partial charge in [-0.25, -0.2) is 0 Å². The number of carbonyl (C=O) groups excluding carboxylic acids is 1. The summed E-state index contributed by atoms with van der Waals surface area (Å²) in [6, 6.07) is 14.6. The van der Waals surface area contributed by atoms with Crippen molar-refractivity contribution in [2.24, 2.45) is 0 Å². The van der Waals surface area contributed by atoms with Gasteiger partial charge in [0.2, 0.25) is 5.91 Å². The van der Waals surface area contributed by atoms with Gasteiger partial charge < -0.3 is 30.1 Å². The molecule has 160 valence electrons. The molecule has 0 unspecified atom stereocenters. The van der Waals surface area contributed by atoms with Crippen molar-refractivity contribution >= 4 is 11.6 Å². The number of benzene rings is 2. The minimum absolute atomic E-state index is 0.147. The molecule has 2 aromatic rings. The lowest BCUT2D eigenvalue weighted by Gasteiger charge is -2.29. The first-order valence-electron chi connectivity index (χ1n) is 10.6. The Labute approximate surface area is 177 Å². The minimum atomic E-state index is -0.845. The highest BCUT2D eigenvalue weighted by molar-refractivity contribution is 5.81. The van der Waals surface area contributed by atoms with Crippen LogP contribution in [0.25, 0.3) is 0 Å². The van der Waals surface area contributed by atoms with Gasteiger partial charge in [0.25, 0.3) is 0 Å². The number of likely N-dealkylation sites (tertiary alicyclic amines) is 1. The van der Waals surface area contributed by atoms with Gasteiger partial charge >= 0.3 is 0 Å². The van der Waals surface area contributed by atoms with Crippen molar-refractivity contribution in [2.45, 2.75) is 25.0 Å². The van der Waals surface area contributed by atoms with Crippen molar-refractivity contribution < 1.29 is 19.4 Å². The second kappa shape index (κ2) is 9.82. The van der Waals surface area contributed by atoms with Gasteiger partial charge in [-0.3, -0.25) is 4.79 Å². The summed E-state index contributed by atoms with van der Waals surface area (Å²) in [6.45, 7) is 3.74. The van der Waals surface area contributed by atoms with Crippen LogP contribution in [0.1, 0.15) is 24.5 Å². The summed E-state index contributed by atoms with van der Waals surface area (Å²) in [5.74, 6) is 1.17. The SMILES string of the molecule is O=C(CNc1ccccc1)N[C@H](CN1CCCC1)[C@H](O)c1ccc2c(c1)OCCO2. The molecule has 0 bridgehead atoms. The predicted octanol–water partition coefficient (Wildman–Crippen LogP) is 2.18. The van der Waals surface area contributed by atoms with Gasteiger partial charge in [0.15, 0.2) is 11.5 Å². The van der Waals surface area contributed by atoms with E-state index in [1.807, 2.05) is 48.5 Å². The molecule has 2 heterocycles. The third kappa shape index (κ3) is 5.23. The van der Waals surface area contributed by atoms with Crippen LogP contribution < -0.4 is 20.1 Å². The number of hydrogen-bond acceptors (Lipinski definition) is 6. The lowest BCUT2D eigenvalue weighted by atomic mass is 10.0. The molecule has 1 fully saturated rings. The van der Waals surface area contributed by atoms with Gasteiger partial charge in [0.05, 0.1) is 12.6 Å².